The van der Waals surface area contributed by atoms with Gasteiger partial charge in [-0.2, -0.15) is 5.26 Å². The lowest BCUT2D eigenvalue weighted by atomic mass is 10.1. The molecule has 0 aliphatic carbocycles. The van der Waals surface area contributed by atoms with Crippen LogP contribution in [0.4, 0.5) is 11.4 Å². The van der Waals surface area contributed by atoms with Gasteiger partial charge in [0, 0.05) is 12.6 Å². The largest absolute Gasteiger partial charge is 0.296 e. The molecule has 1 aliphatic rings. The molecule has 2 rings (SSSR count). The molecule has 1 saturated heterocycles. The van der Waals surface area contributed by atoms with Gasteiger partial charge >= 0.3 is 0 Å². The van der Waals surface area contributed by atoms with Crippen LogP contribution >= 0.6 is 0 Å². The summed E-state index contributed by atoms with van der Waals surface area (Å²) >= 11 is 0. The Morgan fingerprint density at radius 3 is 2.88 bits per heavy atom. The molecule has 88 valence electrons. The van der Waals surface area contributed by atoms with Crippen molar-refractivity contribution in [3.63, 3.8) is 0 Å². The minimum atomic E-state index is -0.492. The molecule has 1 heterocycles. The second-order valence-electron chi connectivity index (χ2n) is 3.71. The molecule has 0 N–H and O–H groups in total. The zero-order chi connectivity index (χ0) is 12.3. The van der Waals surface area contributed by atoms with Crippen molar-refractivity contribution >= 4 is 11.4 Å². The Bertz CT molecular complexity index is 475. The summed E-state index contributed by atoms with van der Waals surface area (Å²) in [5, 5.41) is 21.2. The van der Waals surface area contributed by atoms with Crippen LogP contribution in [0.3, 0.4) is 0 Å². The number of rotatable bonds is 2. The summed E-state index contributed by atoms with van der Waals surface area (Å²) in [7, 11) is 0. The van der Waals surface area contributed by atoms with Crippen molar-refractivity contribution in [3.05, 3.63) is 33.9 Å². The maximum Gasteiger partial charge on any atom is 0.296 e. The summed E-state index contributed by atoms with van der Waals surface area (Å²) in [5.74, 6) is 0. The Morgan fingerprint density at radius 1 is 1.47 bits per heavy atom. The molecule has 6 nitrogen and oxygen atoms in total. The molecule has 6 heteroatoms. The molecule has 0 unspecified atom stereocenters. The number of nitriles is 1. The van der Waals surface area contributed by atoms with Gasteiger partial charge < -0.3 is 0 Å². The normalized spacial score (nSPS) is 15.4. The number of hydrogen-bond acceptors (Lipinski definition) is 5. The highest BCUT2D eigenvalue weighted by Crippen LogP contribution is 2.30. The van der Waals surface area contributed by atoms with E-state index < -0.39 is 4.92 Å². The third-order valence-electron chi connectivity index (χ3n) is 2.57. The molecule has 0 bridgehead atoms. The maximum atomic E-state index is 10.9. The summed E-state index contributed by atoms with van der Waals surface area (Å²) in [4.78, 5) is 15.8. The molecule has 0 saturated carbocycles. The monoisotopic (exact) mass is 233 g/mol. The molecular weight excluding hydrogens is 222 g/mol. The summed E-state index contributed by atoms with van der Waals surface area (Å²) in [6.45, 7) is 1.20. The van der Waals surface area contributed by atoms with Crippen molar-refractivity contribution in [2.24, 2.45) is 0 Å². The van der Waals surface area contributed by atoms with Gasteiger partial charge in [-0.1, -0.05) is 0 Å². The fourth-order valence-electron chi connectivity index (χ4n) is 1.74. The topological polar surface area (TPSA) is 79.4 Å². The minimum Gasteiger partial charge on any atom is -0.273 e. The highest BCUT2D eigenvalue weighted by molar-refractivity contribution is 5.64. The van der Waals surface area contributed by atoms with Crippen LogP contribution in [0.2, 0.25) is 0 Å². The zero-order valence-corrected chi connectivity index (χ0v) is 9.13. The van der Waals surface area contributed by atoms with Crippen LogP contribution in [0.1, 0.15) is 18.4 Å². The van der Waals surface area contributed by atoms with Gasteiger partial charge in [0.25, 0.3) is 5.69 Å². The first-order valence-electron chi connectivity index (χ1n) is 5.31. The van der Waals surface area contributed by atoms with Gasteiger partial charge in [0.15, 0.2) is 0 Å². The van der Waals surface area contributed by atoms with E-state index in [0.29, 0.717) is 18.8 Å². The van der Waals surface area contributed by atoms with Gasteiger partial charge in [0.05, 0.1) is 23.2 Å². The van der Waals surface area contributed by atoms with E-state index in [1.165, 1.54) is 11.1 Å². The number of anilines is 1. The lowest BCUT2D eigenvalue weighted by molar-refractivity contribution is -0.384. The summed E-state index contributed by atoms with van der Waals surface area (Å²) in [6.07, 6.45) is 1.90. The quantitative estimate of drug-likeness (QED) is 0.576. The Labute approximate surface area is 98.1 Å². The van der Waals surface area contributed by atoms with E-state index in [4.69, 9.17) is 10.1 Å². The molecule has 17 heavy (non-hydrogen) atoms. The Balaban J connectivity index is 2.38. The Kier molecular flexibility index (Phi) is 3.21. The highest BCUT2D eigenvalue weighted by atomic mass is 16.7. The van der Waals surface area contributed by atoms with Gasteiger partial charge in [-0.15, -0.1) is 0 Å². The van der Waals surface area contributed by atoms with E-state index in [-0.39, 0.29) is 11.3 Å². The number of hydrogen-bond donors (Lipinski definition) is 0. The van der Waals surface area contributed by atoms with Crippen molar-refractivity contribution in [1.29, 1.82) is 5.26 Å². The fourth-order valence-corrected chi connectivity index (χ4v) is 1.74. The van der Waals surface area contributed by atoms with Gasteiger partial charge in [0.1, 0.15) is 5.69 Å². The predicted octanol–water partition coefficient (Wildman–Crippen LogP) is 2.00. The SMILES string of the molecule is N#Cc1ccc(N2CCCCO2)c([N+](=O)[O-])c1. The van der Waals surface area contributed by atoms with Crippen molar-refractivity contribution in [3.8, 4) is 6.07 Å². The van der Waals surface area contributed by atoms with Crippen LogP contribution in [-0.2, 0) is 4.84 Å². The van der Waals surface area contributed by atoms with Gasteiger partial charge in [0.2, 0.25) is 0 Å². The first-order valence-corrected chi connectivity index (χ1v) is 5.31. The third kappa shape index (κ3) is 2.34. The summed E-state index contributed by atoms with van der Waals surface area (Å²) in [5.41, 5.74) is 0.595. The first kappa shape index (κ1) is 11.4. The van der Waals surface area contributed by atoms with E-state index >= 15 is 0 Å². The molecule has 0 spiro atoms. The third-order valence-corrected chi connectivity index (χ3v) is 2.57. The first-order chi connectivity index (χ1) is 8.22. The lowest BCUT2D eigenvalue weighted by Crippen LogP contribution is -2.30. The van der Waals surface area contributed by atoms with Gasteiger partial charge in [-0.05, 0) is 25.0 Å². The van der Waals surface area contributed by atoms with Crippen molar-refractivity contribution in [2.45, 2.75) is 12.8 Å². The fraction of sp³-hybridized carbons (Fsp3) is 0.364. The number of hydroxylamine groups is 1. The van der Waals surface area contributed by atoms with Crippen molar-refractivity contribution in [1.82, 2.24) is 0 Å². The highest BCUT2D eigenvalue weighted by Gasteiger charge is 2.22. The standard InChI is InChI=1S/C11H11N3O3/c12-8-9-3-4-10(11(7-9)14(15)16)13-5-1-2-6-17-13/h3-4,7H,1-2,5-6H2. The lowest BCUT2D eigenvalue weighted by Gasteiger charge is -2.27. The van der Waals surface area contributed by atoms with Crippen LogP contribution in [0.15, 0.2) is 18.2 Å². The molecule has 0 atom stereocenters. The average Bonchev–Trinajstić information content (AvgIpc) is 2.39. The van der Waals surface area contributed by atoms with Crippen LogP contribution in [0.5, 0.6) is 0 Å². The molecule has 1 aliphatic heterocycles. The molecule has 1 aromatic carbocycles. The van der Waals surface area contributed by atoms with E-state index in [9.17, 15) is 10.1 Å². The molecule has 0 radical (unpaired) electrons. The van der Waals surface area contributed by atoms with E-state index in [2.05, 4.69) is 0 Å². The molecule has 1 aromatic rings. The summed E-state index contributed by atoms with van der Waals surface area (Å²) in [6, 6.07) is 6.27. The number of nitro benzene ring substituents is 1. The Hall–Kier alpha value is -2.13. The maximum absolute atomic E-state index is 10.9. The average molecular weight is 233 g/mol. The Morgan fingerprint density at radius 2 is 2.29 bits per heavy atom. The number of benzene rings is 1. The number of nitro groups is 1. The van der Waals surface area contributed by atoms with E-state index in [0.717, 1.165) is 12.8 Å². The van der Waals surface area contributed by atoms with E-state index in [1.54, 1.807) is 12.1 Å². The zero-order valence-electron chi connectivity index (χ0n) is 9.13. The molecule has 0 amide bonds. The van der Waals surface area contributed by atoms with Crippen molar-refractivity contribution < 1.29 is 9.76 Å². The second kappa shape index (κ2) is 4.80. The van der Waals surface area contributed by atoms with Crippen molar-refractivity contribution in [2.75, 3.05) is 18.2 Å². The molecule has 1 fully saturated rings. The van der Waals surface area contributed by atoms with Crippen LogP contribution in [0.25, 0.3) is 0 Å². The van der Waals surface area contributed by atoms with Gasteiger partial charge in [-0.3, -0.25) is 15.0 Å². The second-order valence-corrected chi connectivity index (χ2v) is 3.71. The smallest absolute Gasteiger partial charge is 0.273 e. The minimum absolute atomic E-state index is 0.0917. The van der Waals surface area contributed by atoms with Crippen LogP contribution in [0, 0.1) is 21.4 Å². The van der Waals surface area contributed by atoms with Crippen LogP contribution in [-0.4, -0.2) is 18.1 Å². The summed E-state index contributed by atoms with van der Waals surface area (Å²) < 4.78 is 0. The van der Waals surface area contributed by atoms with E-state index in [1.807, 2.05) is 6.07 Å². The number of nitrogens with zero attached hydrogens (tertiary/aromatic N) is 3. The molecule has 0 aromatic heterocycles. The van der Waals surface area contributed by atoms with Gasteiger partial charge in [-0.25, -0.2) is 5.06 Å². The van der Waals surface area contributed by atoms with Crippen LogP contribution < -0.4 is 5.06 Å². The molecular formula is C11H11N3O3. The predicted molar refractivity (Wildman–Crippen MR) is 60.3 cm³/mol.